The Morgan fingerprint density at radius 2 is 1.97 bits per heavy atom. The summed E-state index contributed by atoms with van der Waals surface area (Å²) in [5.74, 6) is -0.700. The molecule has 1 N–H and O–H groups in total. The van der Waals surface area contributed by atoms with Gasteiger partial charge in [0.15, 0.2) is 0 Å². The molecule has 0 fully saturated rings. The minimum Gasteiger partial charge on any atom is -0.492 e. The van der Waals surface area contributed by atoms with Gasteiger partial charge in [-0.25, -0.2) is 9.18 Å². The van der Waals surface area contributed by atoms with Crippen molar-refractivity contribution in [3.8, 4) is 5.75 Å². The van der Waals surface area contributed by atoms with Crippen LogP contribution in [-0.4, -0.2) is 17.7 Å². The van der Waals surface area contributed by atoms with Crippen molar-refractivity contribution in [1.82, 2.24) is 0 Å². The fourth-order valence-corrected chi connectivity index (χ4v) is 4.70. The third-order valence-corrected chi connectivity index (χ3v) is 6.12. The van der Waals surface area contributed by atoms with Crippen LogP contribution in [0.3, 0.4) is 0 Å². The smallest absolute Gasteiger partial charge is 0.328 e. The Kier molecular flexibility index (Phi) is 8.53. The maximum Gasteiger partial charge on any atom is 0.328 e. The molecule has 0 spiro atoms. The summed E-state index contributed by atoms with van der Waals surface area (Å²) in [5, 5.41) is 9.42. The van der Waals surface area contributed by atoms with Gasteiger partial charge in [0, 0.05) is 11.6 Å². The molecule has 0 radical (unpaired) electrons. The number of rotatable bonds is 8. The number of hydrogen-bond donors (Lipinski definition) is 1. The highest BCUT2D eigenvalue weighted by atomic mass is 35.5. The van der Waals surface area contributed by atoms with Crippen molar-refractivity contribution < 1.29 is 19.0 Å². The van der Waals surface area contributed by atoms with Gasteiger partial charge in [-0.3, -0.25) is 0 Å². The lowest BCUT2D eigenvalue weighted by molar-refractivity contribution is -0.131. The monoisotopic (exact) mass is 460 g/mol. The summed E-state index contributed by atoms with van der Waals surface area (Å²) in [5.41, 5.74) is 4.70. The Labute approximate surface area is 196 Å². The average molecular weight is 461 g/mol. The highest BCUT2D eigenvalue weighted by molar-refractivity contribution is 6.33. The topological polar surface area (TPSA) is 46.5 Å². The van der Waals surface area contributed by atoms with Gasteiger partial charge in [0.2, 0.25) is 0 Å². The summed E-state index contributed by atoms with van der Waals surface area (Å²) in [6, 6.07) is 2.02. The van der Waals surface area contributed by atoms with Gasteiger partial charge in [-0.15, -0.1) is 0 Å². The van der Waals surface area contributed by atoms with E-state index in [1.54, 1.807) is 6.92 Å². The minimum absolute atomic E-state index is 0.164. The Morgan fingerprint density at radius 1 is 1.31 bits per heavy atom. The van der Waals surface area contributed by atoms with E-state index in [9.17, 15) is 4.79 Å². The van der Waals surface area contributed by atoms with Crippen molar-refractivity contribution in [3.63, 3.8) is 0 Å². The molecule has 0 unspecified atom stereocenters. The van der Waals surface area contributed by atoms with Crippen molar-refractivity contribution in [2.45, 2.75) is 66.7 Å². The first-order valence-corrected chi connectivity index (χ1v) is 11.5. The van der Waals surface area contributed by atoms with Crippen molar-refractivity contribution in [1.29, 1.82) is 0 Å². The van der Waals surface area contributed by atoms with Crippen LogP contribution in [0.5, 0.6) is 5.75 Å². The first-order valence-electron chi connectivity index (χ1n) is 11.1. The fraction of sp³-hybridized carbons (Fsp3) is 0.444. The molecular weight excluding hydrogens is 427 g/mol. The number of hydrogen-bond acceptors (Lipinski definition) is 2. The minimum atomic E-state index is -1.07. The van der Waals surface area contributed by atoms with Crippen LogP contribution in [0.25, 0.3) is 11.1 Å². The fourth-order valence-electron chi connectivity index (χ4n) is 4.19. The molecule has 0 aliphatic heterocycles. The summed E-state index contributed by atoms with van der Waals surface area (Å²) >= 11 is 6.97. The second-order valence-corrected chi connectivity index (χ2v) is 9.44. The zero-order chi connectivity index (χ0) is 24.2. The molecule has 0 atom stereocenters. The third kappa shape index (κ3) is 5.53. The Balaban J connectivity index is 2.81. The molecule has 0 bridgehead atoms. The molecule has 5 heteroatoms. The first kappa shape index (κ1) is 25.9. The van der Waals surface area contributed by atoms with Crippen LogP contribution in [0.1, 0.15) is 78.0 Å². The Hall–Kier alpha value is -2.33. The lowest BCUT2D eigenvalue weighted by Crippen LogP contribution is -2.24. The van der Waals surface area contributed by atoms with Crippen molar-refractivity contribution in [2.75, 3.05) is 6.61 Å². The van der Waals surface area contributed by atoms with E-state index in [1.165, 1.54) is 17.7 Å². The number of carbonyl (C=O) groups is 1. The summed E-state index contributed by atoms with van der Waals surface area (Å²) < 4.78 is 21.3. The van der Waals surface area contributed by atoms with Gasteiger partial charge in [-0.1, -0.05) is 58.4 Å². The molecular formula is C27H34ClFO3. The van der Waals surface area contributed by atoms with Gasteiger partial charge in [-0.05, 0) is 78.0 Å². The van der Waals surface area contributed by atoms with E-state index in [4.69, 9.17) is 21.4 Å². The zero-order valence-electron chi connectivity index (χ0n) is 20.1. The van der Waals surface area contributed by atoms with Gasteiger partial charge in [-0.2, -0.15) is 0 Å². The van der Waals surface area contributed by atoms with Crippen molar-refractivity contribution in [2.24, 2.45) is 5.92 Å². The van der Waals surface area contributed by atoms with Crippen LogP contribution >= 0.6 is 11.6 Å². The zero-order valence-corrected chi connectivity index (χ0v) is 20.9. The summed E-state index contributed by atoms with van der Waals surface area (Å²) in [7, 11) is 0. The van der Waals surface area contributed by atoms with Crippen LogP contribution in [0.4, 0.5) is 4.39 Å². The van der Waals surface area contributed by atoms with Gasteiger partial charge < -0.3 is 9.84 Å². The van der Waals surface area contributed by atoms with Crippen LogP contribution in [0.2, 0.25) is 5.02 Å². The van der Waals surface area contributed by atoms with Crippen LogP contribution in [0, 0.1) is 5.92 Å². The molecule has 0 saturated heterocycles. The standard InChI is InChI=1S/C27H34ClFO3/c1-8-18(22(29)11-10-17(5)14-23(30)31)21-15-20-19(16(3)4)12-13-27(6,7)24(20)25(28)26(21)32-9-2/h10-12,14-16H,8-9,13H2,1-7H3,(H,30,31). The number of carboxylic acid groups (broad SMARTS) is 1. The molecule has 174 valence electrons. The normalized spacial score (nSPS) is 16.7. The number of allylic oxidation sites excluding steroid dienone is 7. The van der Waals surface area contributed by atoms with Crippen LogP contribution in [-0.2, 0) is 10.2 Å². The molecule has 1 aromatic carbocycles. The molecule has 0 amide bonds. The van der Waals surface area contributed by atoms with E-state index in [2.05, 4.69) is 33.8 Å². The molecule has 0 heterocycles. The van der Waals surface area contributed by atoms with E-state index in [0.717, 1.165) is 23.6 Å². The second-order valence-electron chi connectivity index (χ2n) is 9.06. The highest BCUT2D eigenvalue weighted by Gasteiger charge is 2.34. The second kappa shape index (κ2) is 10.5. The summed E-state index contributed by atoms with van der Waals surface area (Å²) in [6.45, 7) is 14.4. The van der Waals surface area contributed by atoms with Crippen LogP contribution < -0.4 is 4.74 Å². The SMILES string of the molecule is CCOc1c(C(CC)=C(F)C=CC(C)=CC(=O)O)cc2c(c1Cl)C(C)(C)CC=C2C(C)C. The van der Waals surface area contributed by atoms with Gasteiger partial charge in [0.1, 0.15) is 11.6 Å². The number of fused-ring (bicyclic) bond motifs is 1. The summed E-state index contributed by atoms with van der Waals surface area (Å²) in [6.07, 6.45) is 7.37. The molecule has 32 heavy (non-hydrogen) atoms. The largest absolute Gasteiger partial charge is 0.492 e. The number of aliphatic carboxylic acids is 1. The van der Waals surface area contributed by atoms with Gasteiger partial charge in [0.05, 0.1) is 11.6 Å². The molecule has 1 aromatic rings. The Bertz CT molecular complexity index is 1010. The number of ether oxygens (including phenoxy) is 1. The highest BCUT2D eigenvalue weighted by Crippen LogP contribution is 2.50. The van der Waals surface area contributed by atoms with E-state index < -0.39 is 11.8 Å². The third-order valence-electron chi connectivity index (χ3n) is 5.76. The lowest BCUT2D eigenvalue weighted by atomic mass is 9.70. The molecule has 0 saturated carbocycles. The maximum absolute atomic E-state index is 15.3. The predicted octanol–water partition coefficient (Wildman–Crippen LogP) is 8.14. The predicted molar refractivity (Wildman–Crippen MR) is 132 cm³/mol. The molecule has 0 aromatic heterocycles. The van der Waals surface area contributed by atoms with Gasteiger partial charge in [0.25, 0.3) is 0 Å². The summed E-state index contributed by atoms with van der Waals surface area (Å²) in [4.78, 5) is 10.8. The van der Waals surface area contributed by atoms with E-state index >= 15 is 4.39 Å². The lowest BCUT2D eigenvalue weighted by Gasteiger charge is -2.35. The quantitative estimate of drug-likeness (QED) is 0.314. The van der Waals surface area contributed by atoms with Crippen molar-refractivity contribution in [3.05, 3.63) is 63.5 Å². The molecule has 1 aliphatic carbocycles. The number of halogens is 2. The van der Waals surface area contributed by atoms with E-state index in [-0.39, 0.29) is 5.41 Å². The maximum atomic E-state index is 15.3. The first-order chi connectivity index (χ1) is 14.9. The van der Waals surface area contributed by atoms with Gasteiger partial charge >= 0.3 is 5.97 Å². The van der Waals surface area contributed by atoms with Crippen LogP contribution in [0.15, 0.2) is 41.8 Å². The van der Waals surface area contributed by atoms with E-state index in [0.29, 0.717) is 46.4 Å². The van der Waals surface area contributed by atoms with E-state index in [1.807, 2.05) is 19.9 Å². The molecule has 2 rings (SSSR count). The number of benzene rings is 1. The molecule has 1 aliphatic rings. The average Bonchev–Trinajstić information content (AvgIpc) is 2.68. The number of carboxylic acids is 1. The Morgan fingerprint density at radius 3 is 2.50 bits per heavy atom. The van der Waals surface area contributed by atoms with Crippen molar-refractivity contribution >= 4 is 28.7 Å². The molecule has 3 nitrogen and oxygen atoms in total.